The first-order valence-electron chi connectivity index (χ1n) is 37.6. The number of carbonyl (C=O) groups excluding carboxylic acids is 1. The van der Waals surface area contributed by atoms with E-state index in [2.05, 4.69) is 23.3 Å². The molecule has 13 heteroatoms. The third-order valence-corrected chi connectivity index (χ3v) is 18.8. The summed E-state index contributed by atoms with van der Waals surface area (Å²) in [6.45, 7) is 3.48. The van der Waals surface area contributed by atoms with Crippen LogP contribution in [-0.2, 0) is 28.9 Å². The van der Waals surface area contributed by atoms with Crippen molar-refractivity contribution in [3.63, 3.8) is 0 Å². The van der Waals surface area contributed by atoms with E-state index in [1.54, 1.807) is 6.08 Å². The second-order valence-corrected chi connectivity index (χ2v) is 27.7. The second-order valence-electron chi connectivity index (χ2n) is 26.6. The predicted molar refractivity (Wildman–Crippen MR) is 361 cm³/mol. The number of allylic oxidation sites excluding steroid dienone is 1. The topological polar surface area (TPSA) is 192 Å². The number of amides is 1. The molecule has 512 valence electrons. The highest BCUT2D eigenvalue weighted by molar-refractivity contribution is 7.80. The third-order valence-electron chi connectivity index (χ3n) is 18.3. The van der Waals surface area contributed by atoms with Crippen molar-refractivity contribution in [1.82, 2.24) is 5.32 Å². The van der Waals surface area contributed by atoms with Gasteiger partial charge in [0.25, 0.3) is 0 Å². The lowest BCUT2D eigenvalue weighted by atomic mass is 9.99. The third kappa shape index (κ3) is 53.5. The number of nitrogens with one attached hydrogen (secondary N) is 1. The predicted octanol–water partition coefficient (Wildman–Crippen LogP) is 20.1. The Balaban J connectivity index is 2.19. The zero-order chi connectivity index (χ0) is 62.5. The first-order valence-corrected chi connectivity index (χ1v) is 38.9. The summed E-state index contributed by atoms with van der Waals surface area (Å²) in [4.78, 5) is 13.2. The van der Waals surface area contributed by atoms with Gasteiger partial charge >= 0.3 is 10.4 Å². The molecule has 1 rings (SSSR count). The van der Waals surface area contributed by atoms with Gasteiger partial charge in [0.15, 0.2) is 6.29 Å². The summed E-state index contributed by atoms with van der Waals surface area (Å²) in [6, 6.07) is -0.942. The molecular weight excluding hydrogens is 1100 g/mol. The number of aliphatic hydroxyl groups excluding tert-OH is 4. The van der Waals surface area contributed by atoms with Crippen LogP contribution in [0.2, 0.25) is 0 Å². The van der Waals surface area contributed by atoms with Crippen molar-refractivity contribution >= 4 is 16.3 Å². The van der Waals surface area contributed by atoms with Crippen molar-refractivity contribution in [3.05, 3.63) is 12.2 Å². The van der Waals surface area contributed by atoms with Crippen molar-refractivity contribution in [2.75, 3.05) is 13.2 Å². The largest absolute Gasteiger partial charge is 0.397 e. The van der Waals surface area contributed by atoms with Gasteiger partial charge in [-0.2, -0.15) is 8.42 Å². The molecule has 12 nitrogen and oxygen atoms in total. The van der Waals surface area contributed by atoms with Crippen LogP contribution in [0.3, 0.4) is 0 Å². The minimum Gasteiger partial charge on any atom is -0.394 e. The van der Waals surface area contributed by atoms with E-state index in [0.717, 1.165) is 38.5 Å². The number of ether oxygens (including phenoxy) is 2. The maximum Gasteiger partial charge on any atom is 0.397 e. The summed E-state index contributed by atoms with van der Waals surface area (Å²) in [7, 11) is -5.09. The maximum absolute atomic E-state index is 13.2. The van der Waals surface area contributed by atoms with Gasteiger partial charge in [-0.25, -0.2) is 4.18 Å². The molecule has 0 aromatic carbocycles. The van der Waals surface area contributed by atoms with E-state index in [1.807, 2.05) is 6.08 Å². The van der Waals surface area contributed by atoms with Crippen LogP contribution in [0, 0.1) is 0 Å². The van der Waals surface area contributed by atoms with Crippen LogP contribution in [0.25, 0.3) is 0 Å². The minimum absolute atomic E-state index is 0.252. The van der Waals surface area contributed by atoms with Crippen molar-refractivity contribution in [1.29, 1.82) is 0 Å². The van der Waals surface area contributed by atoms with Gasteiger partial charge in [0, 0.05) is 6.42 Å². The Morgan fingerprint density at radius 1 is 0.453 bits per heavy atom. The number of hydrogen-bond acceptors (Lipinski definition) is 10. The Kier molecular flexibility index (Phi) is 60.3. The van der Waals surface area contributed by atoms with Crippen LogP contribution >= 0.6 is 0 Å². The van der Waals surface area contributed by atoms with E-state index in [4.69, 9.17) is 9.47 Å². The summed E-state index contributed by atoms with van der Waals surface area (Å²) < 4.78 is 48.1. The van der Waals surface area contributed by atoms with Crippen LogP contribution in [0.1, 0.15) is 393 Å². The molecule has 0 aromatic rings. The van der Waals surface area contributed by atoms with Crippen LogP contribution in [0.4, 0.5) is 0 Å². The van der Waals surface area contributed by atoms with Crippen LogP contribution in [0.15, 0.2) is 12.2 Å². The number of unbranched alkanes of at least 4 members (excludes halogenated alkanes) is 56. The molecule has 7 unspecified atom stereocenters. The average Bonchev–Trinajstić information content (AvgIpc) is 1.62. The maximum atomic E-state index is 13.2. The molecule has 1 aliphatic heterocycles. The van der Waals surface area contributed by atoms with Crippen molar-refractivity contribution < 1.29 is 51.8 Å². The van der Waals surface area contributed by atoms with Gasteiger partial charge in [-0.05, 0) is 19.3 Å². The van der Waals surface area contributed by atoms with Gasteiger partial charge in [-0.15, -0.1) is 0 Å². The van der Waals surface area contributed by atoms with Gasteiger partial charge in [-0.3, -0.25) is 9.35 Å². The van der Waals surface area contributed by atoms with E-state index in [0.29, 0.717) is 6.42 Å². The Morgan fingerprint density at radius 3 is 1.01 bits per heavy atom. The van der Waals surface area contributed by atoms with Gasteiger partial charge in [0.05, 0.1) is 25.4 Å². The Morgan fingerprint density at radius 2 is 0.733 bits per heavy atom. The highest BCUT2D eigenvalue weighted by atomic mass is 32.3. The van der Waals surface area contributed by atoms with Gasteiger partial charge < -0.3 is 35.2 Å². The molecule has 1 saturated heterocycles. The summed E-state index contributed by atoms with van der Waals surface area (Å²) >= 11 is 0. The Labute approximate surface area is 531 Å². The normalized spacial score (nSPS) is 18.2. The molecule has 1 aliphatic rings. The molecule has 7 atom stereocenters. The lowest BCUT2D eigenvalue weighted by Crippen LogP contribution is -2.61. The molecule has 6 N–H and O–H groups in total. The van der Waals surface area contributed by atoms with Crippen LogP contribution in [-0.4, -0.2) is 95.4 Å². The number of aliphatic hydroxyl groups is 4. The molecule has 1 heterocycles. The molecule has 0 saturated carbocycles. The molecule has 0 bridgehead atoms. The standard InChI is InChI=1S/C73H143NO11S/c1-3-5-7-9-11-13-15-17-19-21-23-25-27-29-30-31-32-33-34-35-36-37-38-39-41-43-45-47-49-51-53-55-57-59-61-63-69(77)74-66(65-83-73-71(79)72(85-86(80,81)82)70(78)68(64-75)84-73)67(76)62-60-58-56-54-52-50-48-46-44-42-40-28-26-24-22-20-18-16-14-12-10-8-6-4-2/h60,62,66-68,70-73,75-76,78-79H,3-59,61,63-65H2,1-2H3,(H,74,77)(H,80,81,82)/b62-60+. The van der Waals surface area contributed by atoms with Crippen LogP contribution < -0.4 is 5.32 Å². The van der Waals surface area contributed by atoms with Crippen molar-refractivity contribution in [2.24, 2.45) is 0 Å². The van der Waals surface area contributed by atoms with E-state index < -0.39 is 59.9 Å². The summed E-state index contributed by atoms with van der Waals surface area (Å²) in [6.07, 6.45) is 71.7. The minimum atomic E-state index is -5.09. The second kappa shape index (κ2) is 62.6. The monoisotopic (exact) mass is 1240 g/mol. The summed E-state index contributed by atoms with van der Waals surface area (Å²) in [5, 5.41) is 45.2. The lowest BCUT2D eigenvalue weighted by molar-refractivity contribution is -0.298. The molecule has 1 fully saturated rings. The molecule has 0 spiro atoms. The number of rotatable bonds is 68. The van der Waals surface area contributed by atoms with Crippen molar-refractivity contribution in [2.45, 2.75) is 436 Å². The number of hydrogen-bond donors (Lipinski definition) is 6. The quantitative estimate of drug-likeness (QED) is 0.0193. The average molecular weight is 1240 g/mol. The van der Waals surface area contributed by atoms with E-state index in [9.17, 15) is 38.2 Å². The Hall–Kier alpha value is -1.16. The molecule has 0 aromatic heterocycles. The zero-order valence-corrected chi connectivity index (χ0v) is 57.2. The number of carbonyl (C=O) groups is 1. The van der Waals surface area contributed by atoms with Crippen molar-refractivity contribution in [3.8, 4) is 0 Å². The molecule has 0 aliphatic carbocycles. The van der Waals surface area contributed by atoms with Gasteiger partial charge in [-0.1, -0.05) is 379 Å². The van der Waals surface area contributed by atoms with Crippen LogP contribution in [0.5, 0.6) is 0 Å². The molecular formula is C73H143NO11S. The highest BCUT2D eigenvalue weighted by Crippen LogP contribution is 2.27. The fourth-order valence-electron chi connectivity index (χ4n) is 12.6. The van der Waals surface area contributed by atoms with E-state index in [1.165, 1.54) is 327 Å². The SMILES string of the molecule is CCCCCCCCCCCCCCCCCCCCCCCC/C=C/C(O)C(COC1OC(CO)C(O)C(OS(=O)(=O)O)C1O)NC(=O)CCCCCCCCCCCCCCCCCCCCCCCCCCCCCCCCCCCCC. The molecule has 86 heavy (non-hydrogen) atoms. The first kappa shape index (κ1) is 82.9. The molecule has 1 amide bonds. The van der Waals surface area contributed by atoms with E-state index >= 15 is 0 Å². The summed E-state index contributed by atoms with van der Waals surface area (Å²) in [5.41, 5.74) is 0. The Bertz CT molecular complexity index is 1550. The first-order chi connectivity index (χ1) is 42.0. The lowest BCUT2D eigenvalue weighted by Gasteiger charge is -2.41. The smallest absolute Gasteiger partial charge is 0.394 e. The van der Waals surface area contributed by atoms with E-state index in [-0.39, 0.29) is 18.9 Å². The molecule has 0 radical (unpaired) electrons. The van der Waals surface area contributed by atoms with Gasteiger partial charge in [0.2, 0.25) is 5.91 Å². The highest BCUT2D eigenvalue weighted by Gasteiger charge is 2.48. The summed E-state index contributed by atoms with van der Waals surface area (Å²) in [5.74, 6) is -0.252. The fourth-order valence-corrected chi connectivity index (χ4v) is 13.1. The fraction of sp³-hybridized carbons (Fsp3) is 0.959. The zero-order valence-electron chi connectivity index (χ0n) is 56.4. The van der Waals surface area contributed by atoms with Gasteiger partial charge in [0.1, 0.15) is 24.4 Å².